The van der Waals surface area contributed by atoms with Crippen LogP contribution in [-0.2, 0) is 6.42 Å². The Kier molecular flexibility index (Phi) is 4.99. The predicted octanol–water partition coefficient (Wildman–Crippen LogP) is 3.56. The first-order valence-corrected chi connectivity index (χ1v) is 6.93. The maximum atomic E-state index is 6.09. The molecule has 0 aliphatic rings. The highest BCUT2D eigenvalue weighted by molar-refractivity contribution is 6.30. The van der Waals surface area contributed by atoms with E-state index in [4.69, 9.17) is 16.3 Å². The van der Waals surface area contributed by atoms with E-state index >= 15 is 0 Å². The average molecular weight is 291 g/mol. The fourth-order valence-corrected chi connectivity index (χ4v) is 2.53. The van der Waals surface area contributed by atoms with Gasteiger partial charge in [-0.3, -0.25) is 4.98 Å². The Hall–Kier alpha value is -1.58. The van der Waals surface area contributed by atoms with Crippen LogP contribution in [0.3, 0.4) is 0 Å². The van der Waals surface area contributed by atoms with Gasteiger partial charge < -0.3 is 10.1 Å². The van der Waals surface area contributed by atoms with E-state index in [-0.39, 0.29) is 6.04 Å². The number of rotatable bonds is 5. The molecule has 1 N–H and O–H groups in total. The molecule has 1 unspecified atom stereocenters. The minimum atomic E-state index is 0.177. The molecule has 0 saturated carbocycles. The monoisotopic (exact) mass is 290 g/mol. The number of pyridine rings is 1. The third-order valence-electron chi connectivity index (χ3n) is 3.47. The molecule has 1 atom stereocenters. The molecule has 0 amide bonds. The van der Waals surface area contributed by atoms with Gasteiger partial charge in [-0.2, -0.15) is 0 Å². The first-order valence-electron chi connectivity index (χ1n) is 6.56. The topological polar surface area (TPSA) is 34.1 Å². The molecule has 3 nitrogen and oxygen atoms in total. The van der Waals surface area contributed by atoms with Crippen molar-refractivity contribution in [3.05, 3.63) is 58.4 Å². The summed E-state index contributed by atoms with van der Waals surface area (Å²) in [6, 6.07) is 7.90. The van der Waals surface area contributed by atoms with Crippen LogP contribution in [0.4, 0.5) is 0 Å². The van der Waals surface area contributed by atoms with Gasteiger partial charge in [-0.25, -0.2) is 0 Å². The molecule has 0 radical (unpaired) electrons. The van der Waals surface area contributed by atoms with Crippen molar-refractivity contribution >= 4 is 11.6 Å². The van der Waals surface area contributed by atoms with Gasteiger partial charge in [0.1, 0.15) is 5.75 Å². The normalized spacial score (nSPS) is 12.2. The molecule has 1 aromatic heterocycles. The Morgan fingerprint density at radius 1 is 1.35 bits per heavy atom. The number of aryl methyl sites for hydroxylation is 1. The van der Waals surface area contributed by atoms with Crippen LogP contribution in [0.5, 0.6) is 5.75 Å². The number of benzene rings is 1. The molecule has 1 heterocycles. The molecule has 106 valence electrons. The Morgan fingerprint density at radius 3 is 2.80 bits per heavy atom. The van der Waals surface area contributed by atoms with Crippen LogP contribution < -0.4 is 10.1 Å². The van der Waals surface area contributed by atoms with Crippen molar-refractivity contribution in [2.24, 2.45) is 0 Å². The van der Waals surface area contributed by atoms with E-state index in [1.807, 2.05) is 43.7 Å². The smallest absolute Gasteiger partial charge is 0.122 e. The summed E-state index contributed by atoms with van der Waals surface area (Å²) in [6.07, 6.45) is 4.52. The number of likely N-dealkylation sites (N-methyl/N-ethyl adjacent to an activating group) is 1. The van der Waals surface area contributed by atoms with Crippen molar-refractivity contribution in [1.29, 1.82) is 0 Å². The second-order valence-electron chi connectivity index (χ2n) is 4.73. The zero-order valence-corrected chi connectivity index (χ0v) is 12.7. The largest absolute Gasteiger partial charge is 0.496 e. The second-order valence-corrected chi connectivity index (χ2v) is 5.17. The SMILES string of the molecule is CNC(Cc1cc(Cl)ccc1OC)c1cnccc1C. The summed E-state index contributed by atoms with van der Waals surface area (Å²) in [5.74, 6) is 0.858. The van der Waals surface area contributed by atoms with E-state index in [9.17, 15) is 0 Å². The number of halogens is 1. The summed E-state index contributed by atoms with van der Waals surface area (Å²) in [5.41, 5.74) is 3.50. The molecular weight excluding hydrogens is 272 g/mol. The molecular formula is C16H19ClN2O. The number of methoxy groups -OCH3 is 1. The highest BCUT2D eigenvalue weighted by Crippen LogP contribution is 2.28. The summed E-state index contributed by atoms with van der Waals surface area (Å²) in [7, 11) is 3.63. The number of nitrogens with zero attached hydrogens (tertiary/aromatic N) is 1. The van der Waals surface area contributed by atoms with Crippen molar-refractivity contribution in [1.82, 2.24) is 10.3 Å². The first kappa shape index (κ1) is 14.8. The fraction of sp³-hybridized carbons (Fsp3) is 0.312. The average Bonchev–Trinajstić information content (AvgIpc) is 2.46. The molecule has 4 heteroatoms. The van der Waals surface area contributed by atoms with Crippen LogP contribution in [0, 0.1) is 6.92 Å². The number of ether oxygens (including phenoxy) is 1. The quantitative estimate of drug-likeness (QED) is 0.914. The molecule has 1 aromatic carbocycles. The van der Waals surface area contributed by atoms with E-state index in [1.165, 1.54) is 11.1 Å². The van der Waals surface area contributed by atoms with Crippen LogP contribution >= 0.6 is 11.6 Å². The van der Waals surface area contributed by atoms with Crippen LogP contribution in [0.2, 0.25) is 5.02 Å². The van der Waals surface area contributed by atoms with Crippen molar-refractivity contribution in [3.63, 3.8) is 0 Å². The second kappa shape index (κ2) is 6.73. The molecule has 0 saturated heterocycles. The van der Waals surface area contributed by atoms with Gasteiger partial charge in [0.05, 0.1) is 7.11 Å². The van der Waals surface area contributed by atoms with Gasteiger partial charge in [0.25, 0.3) is 0 Å². The Morgan fingerprint density at radius 2 is 2.15 bits per heavy atom. The first-order chi connectivity index (χ1) is 9.65. The van der Waals surface area contributed by atoms with Gasteiger partial charge in [0, 0.05) is 23.5 Å². The fourth-order valence-electron chi connectivity index (χ4n) is 2.34. The lowest BCUT2D eigenvalue weighted by Crippen LogP contribution is -2.20. The molecule has 0 aliphatic carbocycles. The van der Waals surface area contributed by atoms with Crippen molar-refractivity contribution in [2.45, 2.75) is 19.4 Å². The van der Waals surface area contributed by atoms with Gasteiger partial charge in [0.2, 0.25) is 0 Å². The summed E-state index contributed by atoms with van der Waals surface area (Å²) in [4.78, 5) is 4.22. The summed E-state index contributed by atoms with van der Waals surface area (Å²) < 4.78 is 5.41. The van der Waals surface area contributed by atoms with Gasteiger partial charge in [-0.05, 0) is 61.3 Å². The molecule has 0 spiro atoms. The number of nitrogens with one attached hydrogen (secondary N) is 1. The summed E-state index contributed by atoms with van der Waals surface area (Å²) >= 11 is 6.09. The third-order valence-corrected chi connectivity index (χ3v) is 3.71. The minimum absolute atomic E-state index is 0.177. The van der Waals surface area contributed by atoms with Gasteiger partial charge >= 0.3 is 0 Å². The Bertz CT molecular complexity index is 586. The lowest BCUT2D eigenvalue weighted by Gasteiger charge is -2.20. The predicted molar refractivity (Wildman–Crippen MR) is 82.5 cm³/mol. The lowest BCUT2D eigenvalue weighted by atomic mass is 9.96. The van der Waals surface area contributed by atoms with Gasteiger partial charge in [0.15, 0.2) is 0 Å². The number of aromatic nitrogens is 1. The highest BCUT2D eigenvalue weighted by atomic mass is 35.5. The van der Waals surface area contributed by atoms with Crippen molar-refractivity contribution < 1.29 is 4.74 Å². The minimum Gasteiger partial charge on any atom is -0.496 e. The third kappa shape index (κ3) is 3.30. The van der Waals surface area contributed by atoms with Crippen molar-refractivity contribution in [3.8, 4) is 5.75 Å². The van der Waals surface area contributed by atoms with E-state index in [2.05, 4.69) is 17.2 Å². The van der Waals surface area contributed by atoms with E-state index in [0.717, 1.165) is 22.8 Å². The van der Waals surface area contributed by atoms with Gasteiger partial charge in [-0.15, -0.1) is 0 Å². The van der Waals surface area contributed by atoms with Crippen molar-refractivity contribution in [2.75, 3.05) is 14.2 Å². The maximum absolute atomic E-state index is 6.09. The van der Waals surface area contributed by atoms with E-state index < -0.39 is 0 Å². The summed E-state index contributed by atoms with van der Waals surface area (Å²) in [5, 5.41) is 4.06. The molecule has 2 aromatic rings. The van der Waals surface area contributed by atoms with E-state index in [1.54, 1.807) is 7.11 Å². The highest BCUT2D eigenvalue weighted by Gasteiger charge is 2.15. The lowest BCUT2D eigenvalue weighted by molar-refractivity contribution is 0.406. The van der Waals surface area contributed by atoms with Crippen LogP contribution in [0.25, 0.3) is 0 Å². The van der Waals surface area contributed by atoms with Gasteiger partial charge in [-0.1, -0.05) is 11.6 Å². The Labute approximate surface area is 124 Å². The zero-order valence-electron chi connectivity index (χ0n) is 12.0. The molecule has 0 fully saturated rings. The summed E-state index contributed by atoms with van der Waals surface area (Å²) in [6.45, 7) is 2.09. The molecule has 2 rings (SSSR count). The van der Waals surface area contributed by atoms with Crippen LogP contribution in [-0.4, -0.2) is 19.1 Å². The maximum Gasteiger partial charge on any atom is 0.122 e. The molecule has 20 heavy (non-hydrogen) atoms. The standard InChI is InChI=1S/C16H19ClN2O/c1-11-6-7-19-10-14(11)15(18-2)9-12-8-13(17)4-5-16(12)20-3/h4-8,10,15,18H,9H2,1-3H3. The van der Waals surface area contributed by atoms with Crippen LogP contribution in [0.1, 0.15) is 22.7 Å². The zero-order chi connectivity index (χ0) is 14.5. The van der Waals surface area contributed by atoms with Crippen LogP contribution in [0.15, 0.2) is 36.7 Å². The number of hydrogen-bond donors (Lipinski definition) is 1. The van der Waals surface area contributed by atoms with E-state index in [0.29, 0.717) is 0 Å². The molecule has 0 bridgehead atoms. The number of hydrogen-bond acceptors (Lipinski definition) is 3. The molecule has 0 aliphatic heterocycles. The Balaban J connectivity index is 2.31.